The monoisotopic (exact) mass is 174 g/mol. The molecule has 5 nitrogen and oxygen atoms in total. The Hall–Kier alpha value is -1.10. The molecule has 0 aliphatic rings. The van der Waals surface area contributed by atoms with Crippen molar-refractivity contribution in [3.05, 3.63) is 0 Å². The number of hydrogen-bond donors (Lipinski definition) is 3. The van der Waals surface area contributed by atoms with Crippen molar-refractivity contribution in [2.45, 2.75) is 19.4 Å². The number of aliphatic hydroxyl groups excluding tert-OH is 1. The van der Waals surface area contributed by atoms with Gasteiger partial charge in [-0.05, 0) is 6.42 Å². The lowest BCUT2D eigenvalue weighted by Gasteiger charge is -2.13. The van der Waals surface area contributed by atoms with Crippen molar-refractivity contribution in [2.24, 2.45) is 0 Å². The summed E-state index contributed by atoms with van der Waals surface area (Å²) in [6.45, 7) is 1.19. The number of hydrogen-bond acceptors (Lipinski definition) is 3. The number of carbonyl (C=O) groups is 2. The smallest absolute Gasteiger partial charge is 0.246 e. The second kappa shape index (κ2) is 5.54. The Bertz CT molecular complexity index is 170. The van der Waals surface area contributed by atoms with E-state index < -0.39 is 18.6 Å². The van der Waals surface area contributed by atoms with Gasteiger partial charge in [-0.3, -0.25) is 9.59 Å². The fourth-order valence-corrected chi connectivity index (χ4v) is 0.767. The Morgan fingerprint density at radius 2 is 2.08 bits per heavy atom. The predicted molar refractivity (Wildman–Crippen MR) is 43.4 cm³/mol. The molecule has 70 valence electrons. The van der Waals surface area contributed by atoms with Crippen molar-refractivity contribution < 1.29 is 14.7 Å². The normalized spacial score (nSPS) is 11.9. The van der Waals surface area contributed by atoms with E-state index in [0.717, 1.165) is 0 Å². The van der Waals surface area contributed by atoms with Crippen LogP contribution in [0.25, 0.3) is 0 Å². The van der Waals surface area contributed by atoms with Gasteiger partial charge in [-0.15, -0.1) is 0 Å². The second-order valence-electron chi connectivity index (χ2n) is 2.30. The minimum atomic E-state index is -0.590. The van der Waals surface area contributed by atoms with Gasteiger partial charge in [0.2, 0.25) is 11.8 Å². The molecular weight excluding hydrogens is 160 g/mol. The maximum Gasteiger partial charge on any atom is 0.246 e. The van der Waals surface area contributed by atoms with Crippen LogP contribution >= 0.6 is 0 Å². The number of rotatable bonds is 4. The van der Waals surface area contributed by atoms with Crippen LogP contribution in [0, 0.1) is 0 Å². The van der Waals surface area contributed by atoms with Crippen LogP contribution in [0.2, 0.25) is 0 Å². The van der Waals surface area contributed by atoms with Crippen molar-refractivity contribution in [1.29, 1.82) is 0 Å². The van der Waals surface area contributed by atoms with Crippen molar-refractivity contribution in [3.63, 3.8) is 0 Å². The lowest BCUT2D eigenvalue weighted by Crippen LogP contribution is -2.46. The molecule has 0 aromatic rings. The molecule has 0 aromatic heterocycles. The average Bonchev–Trinajstić information content (AvgIpc) is 2.12. The van der Waals surface area contributed by atoms with Crippen LogP contribution in [0.4, 0.5) is 0 Å². The van der Waals surface area contributed by atoms with Gasteiger partial charge in [-0.25, -0.2) is 0 Å². The number of aliphatic hydroxyl groups is 1. The molecule has 12 heavy (non-hydrogen) atoms. The Balaban J connectivity index is 3.99. The third-order valence-electron chi connectivity index (χ3n) is 1.45. The molecule has 0 fully saturated rings. The molecule has 0 heterocycles. The third kappa shape index (κ3) is 3.34. The molecule has 0 radical (unpaired) electrons. The molecule has 2 amide bonds. The Morgan fingerprint density at radius 3 is 2.42 bits per heavy atom. The highest BCUT2D eigenvalue weighted by molar-refractivity contribution is 5.87. The van der Waals surface area contributed by atoms with Gasteiger partial charge in [-0.1, -0.05) is 6.92 Å². The Labute approximate surface area is 71.1 Å². The summed E-state index contributed by atoms with van der Waals surface area (Å²) < 4.78 is 0. The van der Waals surface area contributed by atoms with E-state index in [2.05, 4.69) is 10.6 Å². The molecule has 1 unspecified atom stereocenters. The van der Waals surface area contributed by atoms with Crippen LogP contribution in [-0.4, -0.2) is 36.6 Å². The Kier molecular flexibility index (Phi) is 5.03. The maximum absolute atomic E-state index is 11.0. The van der Waals surface area contributed by atoms with E-state index >= 15 is 0 Å². The van der Waals surface area contributed by atoms with Crippen molar-refractivity contribution in [2.75, 3.05) is 13.7 Å². The fraction of sp³-hybridized carbons (Fsp3) is 0.714. The second-order valence-corrected chi connectivity index (χ2v) is 2.30. The zero-order valence-corrected chi connectivity index (χ0v) is 7.26. The van der Waals surface area contributed by atoms with Crippen LogP contribution < -0.4 is 10.6 Å². The first kappa shape index (κ1) is 10.9. The highest BCUT2D eigenvalue weighted by Gasteiger charge is 2.16. The minimum Gasteiger partial charge on any atom is -0.387 e. The van der Waals surface area contributed by atoms with Crippen LogP contribution in [0.3, 0.4) is 0 Å². The number of amides is 2. The fourth-order valence-electron chi connectivity index (χ4n) is 0.767. The minimum absolute atomic E-state index is 0.251. The summed E-state index contributed by atoms with van der Waals surface area (Å²) in [5, 5.41) is 13.2. The molecule has 0 spiro atoms. The quantitative estimate of drug-likeness (QED) is 0.491. The highest BCUT2D eigenvalue weighted by Crippen LogP contribution is 1.89. The van der Waals surface area contributed by atoms with E-state index in [9.17, 15) is 9.59 Å². The molecule has 1 atom stereocenters. The van der Waals surface area contributed by atoms with Crippen LogP contribution in [0.1, 0.15) is 13.3 Å². The summed E-state index contributed by atoms with van der Waals surface area (Å²) in [6.07, 6.45) is 0.505. The van der Waals surface area contributed by atoms with Crippen molar-refractivity contribution in [1.82, 2.24) is 10.6 Å². The molecule has 0 saturated heterocycles. The van der Waals surface area contributed by atoms with Crippen LogP contribution in [0.5, 0.6) is 0 Å². The van der Waals surface area contributed by atoms with E-state index in [-0.39, 0.29) is 5.91 Å². The molecule has 0 rings (SSSR count). The maximum atomic E-state index is 11.0. The van der Waals surface area contributed by atoms with Gasteiger partial charge in [0.05, 0.1) is 0 Å². The predicted octanol–water partition coefficient (Wildman–Crippen LogP) is -1.38. The summed E-state index contributed by atoms with van der Waals surface area (Å²) >= 11 is 0. The van der Waals surface area contributed by atoms with Gasteiger partial charge in [-0.2, -0.15) is 0 Å². The summed E-state index contributed by atoms with van der Waals surface area (Å²) in [7, 11) is 1.50. The lowest BCUT2D eigenvalue weighted by atomic mass is 10.2. The Morgan fingerprint density at radius 1 is 1.50 bits per heavy atom. The topological polar surface area (TPSA) is 78.4 Å². The standard InChI is InChI=1S/C7H14N2O3/c1-3-5(7(12)8-2)9-6(11)4-10/h5,10H,3-4H2,1-2H3,(H,8,12)(H,9,11). The summed E-state index contributed by atoms with van der Waals surface area (Å²) in [4.78, 5) is 21.6. The zero-order valence-electron chi connectivity index (χ0n) is 7.26. The molecule has 0 bridgehead atoms. The first-order valence-corrected chi connectivity index (χ1v) is 3.77. The average molecular weight is 174 g/mol. The van der Waals surface area contributed by atoms with Gasteiger partial charge in [0.15, 0.2) is 0 Å². The van der Waals surface area contributed by atoms with E-state index in [1.54, 1.807) is 6.92 Å². The van der Waals surface area contributed by atoms with E-state index in [1.807, 2.05) is 0 Å². The molecule has 3 N–H and O–H groups in total. The van der Waals surface area contributed by atoms with E-state index in [0.29, 0.717) is 6.42 Å². The zero-order chi connectivity index (χ0) is 9.56. The summed E-state index contributed by atoms with van der Waals surface area (Å²) in [5.41, 5.74) is 0. The third-order valence-corrected chi connectivity index (χ3v) is 1.45. The van der Waals surface area contributed by atoms with Gasteiger partial charge in [0, 0.05) is 7.05 Å². The van der Waals surface area contributed by atoms with Crippen LogP contribution in [0.15, 0.2) is 0 Å². The molecule has 0 saturated carbocycles. The molecule has 0 aliphatic carbocycles. The molecule has 5 heteroatoms. The summed E-state index contributed by atoms with van der Waals surface area (Å²) in [5.74, 6) is -0.787. The number of likely N-dealkylation sites (N-methyl/N-ethyl adjacent to an activating group) is 1. The van der Waals surface area contributed by atoms with Crippen molar-refractivity contribution in [3.8, 4) is 0 Å². The van der Waals surface area contributed by atoms with Gasteiger partial charge in [0.25, 0.3) is 0 Å². The number of carbonyl (C=O) groups excluding carboxylic acids is 2. The lowest BCUT2D eigenvalue weighted by molar-refractivity contribution is -0.130. The van der Waals surface area contributed by atoms with Gasteiger partial charge >= 0.3 is 0 Å². The van der Waals surface area contributed by atoms with E-state index in [1.165, 1.54) is 7.05 Å². The highest BCUT2D eigenvalue weighted by atomic mass is 16.3. The first-order valence-electron chi connectivity index (χ1n) is 3.77. The SMILES string of the molecule is CCC(NC(=O)CO)C(=O)NC. The van der Waals surface area contributed by atoms with Gasteiger partial charge < -0.3 is 15.7 Å². The van der Waals surface area contributed by atoms with E-state index in [4.69, 9.17) is 5.11 Å². The molecule has 0 aromatic carbocycles. The van der Waals surface area contributed by atoms with Crippen LogP contribution in [-0.2, 0) is 9.59 Å². The number of nitrogens with one attached hydrogen (secondary N) is 2. The van der Waals surface area contributed by atoms with Crippen molar-refractivity contribution >= 4 is 11.8 Å². The first-order chi connectivity index (χ1) is 5.65. The van der Waals surface area contributed by atoms with Gasteiger partial charge in [0.1, 0.15) is 12.6 Å². The largest absolute Gasteiger partial charge is 0.387 e. The summed E-state index contributed by atoms with van der Waals surface area (Å²) in [6, 6.07) is -0.547. The molecule has 0 aliphatic heterocycles. The molecular formula is C7H14N2O3.